The summed E-state index contributed by atoms with van der Waals surface area (Å²) in [5.74, 6) is 0. The number of aliphatic hydroxyl groups excluding tert-OH is 1. The van der Waals surface area contributed by atoms with E-state index in [0.29, 0.717) is 17.9 Å². The molecule has 0 unspecified atom stereocenters. The first-order valence-electron chi connectivity index (χ1n) is 6.60. The summed E-state index contributed by atoms with van der Waals surface area (Å²) in [5, 5.41) is 8.86. The molecular formula is C14H21NO3S. The molecule has 4 nitrogen and oxygen atoms in total. The average molecular weight is 283 g/mol. The van der Waals surface area contributed by atoms with Crippen LogP contribution in [0.2, 0.25) is 0 Å². The minimum atomic E-state index is -3.41. The Morgan fingerprint density at radius 1 is 1.26 bits per heavy atom. The van der Waals surface area contributed by atoms with Gasteiger partial charge in [0.25, 0.3) is 0 Å². The van der Waals surface area contributed by atoms with Crippen molar-refractivity contribution >= 4 is 10.0 Å². The molecule has 1 aromatic carbocycles. The summed E-state index contributed by atoms with van der Waals surface area (Å²) in [6, 6.07) is 6.81. The van der Waals surface area contributed by atoms with Crippen LogP contribution in [0.5, 0.6) is 0 Å². The number of aliphatic hydroxyl groups is 1. The molecule has 0 spiro atoms. The summed E-state index contributed by atoms with van der Waals surface area (Å²) in [6.45, 7) is 4.61. The van der Waals surface area contributed by atoms with Crippen LogP contribution in [0.3, 0.4) is 0 Å². The fraction of sp³-hybridized carbons (Fsp3) is 0.571. The summed E-state index contributed by atoms with van der Waals surface area (Å²) < 4.78 is 26.8. The Labute approximate surface area is 115 Å². The molecular weight excluding hydrogens is 262 g/mol. The zero-order valence-corrected chi connectivity index (χ0v) is 12.3. The van der Waals surface area contributed by atoms with E-state index in [4.69, 9.17) is 5.11 Å². The molecule has 106 valence electrons. The Hall–Kier alpha value is -0.910. The van der Waals surface area contributed by atoms with Crippen LogP contribution in [0.4, 0.5) is 0 Å². The molecule has 1 aliphatic rings. The van der Waals surface area contributed by atoms with E-state index in [2.05, 4.69) is 0 Å². The van der Waals surface area contributed by atoms with Gasteiger partial charge >= 0.3 is 0 Å². The Morgan fingerprint density at radius 2 is 1.89 bits per heavy atom. The van der Waals surface area contributed by atoms with Crippen LogP contribution in [0, 0.1) is 0 Å². The number of hydrogen-bond donors (Lipinski definition) is 1. The summed E-state index contributed by atoms with van der Waals surface area (Å²) in [4.78, 5) is 0.337. The third-order valence-corrected chi connectivity index (χ3v) is 5.86. The van der Waals surface area contributed by atoms with Gasteiger partial charge < -0.3 is 5.11 Å². The molecule has 0 atom stereocenters. The number of nitrogens with zero attached hydrogens (tertiary/aromatic N) is 1. The second kappa shape index (κ2) is 5.23. The van der Waals surface area contributed by atoms with Gasteiger partial charge in [0, 0.05) is 18.7 Å². The molecule has 1 heterocycles. The van der Waals surface area contributed by atoms with E-state index in [9.17, 15) is 8.42 Å². The zero-order chi connectivity index (χ0) is 14.1. The smallest absolute Gasteiger partial charge is 0.243 e. The lowest BCUT2D eigenvalue weighted by atomic mass is 10.0. The Kier molecular flexibility index (Phi) is 3.99. The van der Waals surface area contributed by atoms with Gasteiger partial charge in [0.05, 0.1) is 4.90 Å². The van der Waals surface area contributed by atoms with Crippen molar-refractivity contribution in [3.8, 4) is 0 Å². The molecule has 0 amide bonds. The molecule has 0 aliphatic carbocycles. The van der Waals surface area contributed by atoms with Crippen molar-refractivity contribution in [3.63, 3.8) is 0 Å². The van der Waals surface area contributed by atoms with Crippen LogP contribution >= 0.6 is 0 Å². The molecule has 2 rings (SSSR count). The first kappa shape index (κ1) is 14.5. The van der Waals surface area contributed by atoms with Gasteiger partial charge in [-0.05, 0) is 50.8 Å². The third-order valence-electron chi connectivity index (χ3n) is 3.74. The highest BCUT2D eigenvalue weighted by atomic mass is 32.2. The maximum Gasteiger partial charge on any atom is 0.243 e. The fourth-order valence-corrected chi connectivity index (χ4v) is 4.46. The largest absolute Gasteiger partial charge is 0.396 e. The highest BCUT2D eigenvalue weighted by Crippen LogP contribution is 2.33. The van der Waals surface area contributed by atoms with Gasteiger partial charge in [-0.15, -0.1) is 0 Å². The molecule has 1 fully saturated rings. The lowest BCUT2D eigenvalue weighted by Crippen LogP contribution is -2.42. The second-order valence-electron chi connectivity index (χ2n) is 5.61. The van der Waals surface area contributed by atoms with Gasteiger partial charge in [-0.3, -0.25) is 0 Å². The number of rotatable bonds is 4. The maximum absolute atomic E-state index is 12.6. The van der Waals surface area contributed by atoms with Crippen molar-refractivity contribution in [3.05, 3.63) is 29.8 Å². The summed E-state index contributed by atoms with van der Waals surface area (Å²) in [5.41, 5.74) is 0.643. The standard InChI is InChI=1S/C14H21NO3S/c1-14(2)9-3-10-15(14)19(17,18)13-6-4-12(5-7-13)8-11-16/h4-7,16H,3,8-11H2,1-2H3. The molecule has 0 aromatic heterocycles. The summed E-state index contributed by atoms with van der Waals surface area (Å²) in [7, 11) is -3.41. The predicted molar refractivity (Wildman–Crippen MR) is 74.4 cm³/mol. The third kappa shape index (κ3) is 2.83. The van der Waals surface area contributed by atoms with Crippen molar-refractivity contribution in [2.75, 3.05) is 13.2 Å². The highest BCUT2D eigenvalue weighted by Gasteiger charge is 2.40. The van der Waals surface area contributed by atoms with Crippen LogP contribution in [-0.4, -0.2) is 36.5 Å². The second-order valence-corrected chi connectivity index (χ2v) is 7.47. The lowest BCUT2D eigenvalue weighted by Gasteiger charge is -2.30. The van der Waals surface area contributed by atoms with Crippen molar-refractivity contribution in [1.29, 1.82) is 0 Å². The topological polar surface area (TPSA) is 57.6 Å². The Morgan fingerprint density at radius 3 is 2.37 bits per heavy atom. The van der Waals surface area contributed by atoms with E-state index < -0.39 is 10.0 Å². The zero-order valence-electron chi connectivity index (χ0n) is 11.5. The Balaban J connectivity index is 2.29. The van der Waals surface area contributed by atoms with Gasteiger partial charge in [-0.25, -0.2) is 8.42 Å². The minimum absolute atomic E-state index is 0.0747. The van der Waals surface area contributed by atoms with E-state index in [-0.39, 0.29) is 12.1 Å². The van der Waals surface area contributed by atoms with E-state index in [1.54, 1.807) is 28.6 Å². The predicted octanol–water partition coefficient (Wildman–Crippen LogP) is 1.78. The van der Waals surface area contributed by atoms with E-state index >= 15 is 0 Å². The van der Waals surface area contributed by atoms with Crippen molar-refractivity contribution in [1.82, 2.24) is 4.31 Å². The highest BCUT2D eigenvalue weighted by molar-refractivity contribution is 7.89. The first-order chi connectivity index (χ1) is 8.88. The molecule has 0 saturated carbocycles. The number of sulfonamides is 1. The molecule has 1 saturated heterocycles. The average Bonchev–Trinajstić information content (AvgIpc) is 2.71. The Bertz CT molecular complexity index is 534. The minimum Gasteiger partial charge on any atom is -0.396 e. The normalized spacial score (nSPS) is 19.7. The van der Waals surface area contributed by atoms with Gasteiger partial charge in [0.1, 0.15) is 0 Å². The number of benzene rings is 1. The van der Waals surface area contributed by atoms with Crippen molar-refractivity contribution < 1.29 is 13.5 Å². The van der Waals surface area contributed by atoms with E-state index in [0.717, 1.165) is 18.4 Å². The first-order valence-corrected chi connectivity index (χ1v) is 8.04. The maximum atomic E-state index is 12.6. The van der Waals surface area contributed by atoms with Crippen LogP contribution < -0.4 is 0 Å². The van der Waals surface area contributed by atoms with Gasteiger partial charge in [-0.2, -0.15) is 4.31 Å². The van der Waals surface area contributed by atoms with Crippen LogP contribution in [0.15, 0.2) is 29.2 Å². The quantitative estimate of drug-likeness (QED) is 0.916. The van der Waals surface area contributed by atoms with Crippen LogP contribution in [0.1, 0.15) is 32.3 Å². The fourth-order valence-electron chi connectivity index (χ4n) is 2.61. The molecule has 1 aromatic rings. The van der Waals surface area contributed by atoms with Crippen molar-refractivity contribution in [2.45, 2.75) is 43.5 Å². The molecule has 19 heavy (non-hydrogen) atoms. The van der Waals surface area contributed by atoms with E-state index in [1.165, 1.54) is 0 Å². The van der Waals surface area contributed by atoms with Gasteiger partial charge in [0.2, 0.25) is 10.0 Å². The molecule has 5 heteroatoms. The monoisotopic (exact) mass is 283 g/mol. The van der Waals surface area contributed by atoms with Crippen LogP contribution in [-0.2, 0) is 16.4 Å². The SMILES string of the molecule is CC1(C)CCCN1S(=O)(=O)c1ccc(CCO)cc1. The molecule has 0 radical (unpaired) electrons. The molecule has 1 N–H and O–H groups in total. The summed E-state index contributed by atoms with van der Waals surface area (Å²) in [6.07, 6.45) is 2.36. The van der Waals surface area contributed by atoms with Crippen molar-refractivity contribution in [2.24, 2.45) is 0 Å². The lowest BCUT2D eigenvalue weighted by molar-refractivity contribution is 0.291. The molecule has 1 aliphatic heterocycles. The van der Waals surface area contributed by atoms with Crippen LogP contribution in [0.25, 0.3) is 0 Å². The summed E-state index contributed by atoms with van der Waals surface area (Å²) >= 11 is 0. The van der Waals surface area contributed by atoms with Gasteiger partial charge in [-0.1, -0.05) is 12.1 Å². The van der Waals surface area contributed by atoms with E-state index in [1.807, 2.05) is 13.8 Å². The molecule has 0 bridgehead atoms. The number of hydrogen-bond acceptors (Lipinski definition) is 3. The van der Waals surface area contributed by atoms with Gasteiger partial charge in [0.15, 0.2) is 0 Å².